The number of carbonyl (C=O) groups is 3. The van der Waals surface area contributed by atoms with Crippen LogP contribution in [0.25, 0.3) is 0 Å². The van der Waals surface area contributed by atoms with E-state index in [1.165, 1.54) is 43.2 Å². The number of aryl methyl sites for hydroxylation is 1. The van der Waals surface area contributed by atoms with E-state index in [0.717, 1.165) is 4.90 Å². The summed E-state index contributed by atoms with van der Waals surface area (Å²) >= 11 is 0.712. The first-order valence-corrected chi connectivity index (χ1v) is 12.3. The Morgan fingerprint density at radius 2 is 2.35 bits per heavy atom. The van der Waals surface area contributed by atoms with Crippen LogP contribution in [-0.4, -0.2) is 88.3 Å². The van der Waals surface area contributed by atoms with Gasteiger partial charge in [-0.25, -0.2) is 4.79 Å². The molecule has 3 rings (SSSR count). The van der Waals surface area contributed by atoms with Gasteiger partial charge in [-0.1, -0.05) is 11.8 Å². The Bertz CT molecular complexity index is 991. The molecule has 0 radical (unpaired) electrons. The van der Waals surface area contributed by atoms with Crippen molar-refractivity contribution in [3.05, 3.63) is 17.6 Å². The lowest BCUT2D eigenvalue weighted by Gasteiger charge is -2.55. The second-order valence-electron chi connectivity index (χ2n) is 6.55. The number of aromatic nitrogens is 3. The maximum atomic E-state index is 13.0. The summed E-state index contributed by atoms with van der Waals surface area (Å²) < 4.78 is 18.6. The number of β-lactam (4-membered cyclic amide) rings is 1. The summed E-state index contributed by atoms with van der Waals surface area (Å²) in [6.07, 6.45) is 2.72. The van der Waals surface area contributed by atoms with Gasteiger partial charge in [0.1, 0.15) is 23.5 Å². The number of carbonyl (C=O) groups excluding carboxylic acids is 2. The van der Waals surface area contributed by atoms with Crippen molar-refractivity contribution in [2.75, 3.05) is 24.9 Å². The molecule has 1 saturated heterocycles. The van der Waals surface area contributed by atoms with Gasteiger partial charge in [-0.05, 0) is 16.7 Å². The molecular weight excluding hydrogens is 468 g/mol. The number of thioether (sulfide) groups is 2. The third-order valence-corrected chi connectivity index (χ3v) is 8.15. The monoisotopic (exact) mass is 486 g/mol. The highest BCUT2D eigenvalue weighted by Crippen LogP contribution is 2.47. The molecule has 4 atom stereocenters. The first-order valence-electron chi connectivity index (χ1n) is 8.64. The fraction of sp³-hybridized carbons (Fsp3) is 0.500. The zero-order valence-corrected chi connectivity index (χ0v) is 19.0. The molecule has 2 N–H and O–H groups in total. The number of hydrogen-bond acceptors (Lipinski definition) is 10. The number of carboxylic acids is 1. The first kappa shape index (κ1) is 23.4. The molecule has 15 heteroatoms. The van der Waals surface area contributed by atoms with Gasteiger partial charge >= 0.3 is 5.97 Å². The molecule has 3 heterocycles. The van der Waals surface area contributed by atoms with Crippen molar-refractivity contribution in [2.24, 2.45) is 7.05 Å². The summed E-state index contributed by atoms with van der Waals surface area (Å²) in [7, 11) is 2.96. The molecule has 2 aliphatic rings. The molecule has 0 spiro atoms. The second-order valence-corrected chi connectivity index (χ2v) is 10.0. The van der Waals surface area contributed by atoms with E-state index in [2.05, 4.69) is 15.5 Å². The maximum absolute atomic E-state index is 13.0. The molecule has 0 aliphatic carbocycles. The lowest BCUT2D eigenvalue weighted by atomic mass is 9.98. The highest BCUT2D eigenvalue weighted by atomic mass is 32.2. The minimum atomic E-state index is -1.85. The van der Waals surface area contributed by atoms with Crippen molar-refractivity contribution in [3.8, 4) is 6.07 Å². The van der Waals surface area contributed by atoms with Crippen LogP contribution in [0.3, 0.4) is 0 Å². The average Bonchev–Trinajstić information content (AvgIpc) is 3.14. The van der Waals surface area contributed by atoms with E-state index in [0.29, 0.717) is 10.7 Å². The van der Waals surface area contributed by atoms with Crippen LogP contribution in [0, 0.1) is 11.3 Å². The fourth-order valence-corrected chi connectivity index (χ4v) is 6.12. The van der Waals surface area contributed by atoms with E-state index in [4.69, 9.17) is 10.00 Å². The molecule has 1 aromatic rings. The number of carboxylic acid groups (broad SMARTS) is 1. The van der Waals surface area contributed by atoms with Crippen LogP contribution in [0.2, 0.25) is 0 Å². The number of fused-ring (bicyclic) bond motifs is 1. The van der Waals surface area contributed by atoms with Gasteiger partial charge in [0.05, 0.1) is 6.26 Å². The number of nitriles is 1. The summed E-state index contributed by atoms with van der Waals surface area (Å²) in [6, 6.07) is 1.63. The average molecular weight is 487 g/mol. The van der Waals surface area contributed by atoms with Crippen molar-refractivity contribution < 1.29 is 28.8 Å². The van der Waals surface area contributed by atoms with Gasteiger partial charge in [0.25, 0.3) is 22.8 Å². The Kier molecular flexibility index (Phi) is 6.86. The predicted octanol–water partition coefficient (Wildman–Crippen LogP) is -1.11. The normalized spacial score (nSPS) is 24.7. The van der Waals surface area contributed by atoms with Crippen molar-refractivity contribution in [1.82, 2.24) is 25.0 Å². The molecule has 2 unspecified atom stereocenters. The van der Waals surface area contributed by atoms with Gasteiger partial charge in [0.2, 0.25) is 0 Å². The molecule has 31 heavy (non-hydrogen) atoms. The van der Waals surface area contributed by atoms with E-state index in [1.807, 2.05) is 0 Å². The highest BCUT2D eigenvalue weighted by Gasteiger charge is 2.67. The van der Waals surface area contributed by atoms with E-state index in [1.54, 1.807) is 17.7 Å². The number of methoxy groups -OCH3 is 1. The van der Waals surface area contributed by atoms with Gasteiger partial charge in [-0.15, -0.1) is 22.0 Å². The molecule has 0 bridgehead atoms. The third-order valence-electron chi connectivity index (χ3n) is 4.68. The third kappa shape index (κ3) is 4.01. The van der Waals surface area contributed by atoms with Crippen molar-refractivity contribution in [1.29, 1.82) is 5.26 Å². The zero-order chi connectivity index (χ0) is 22.9. The predicted molar refractivity (Wildman–Crippen MR) is 111 cm³/mol. The van der Waals surface area contributed by atoms with E-state index < -0.39 is 45.3 Å². The highest BCUT2D eigenvalue weighted by molar-refractivity contribution is 8.01. The topological polar surface area (TPSA) is 174 Å². The van der Waals surface area contributed by atoms with Crippen molar-refractivity contribution >= 4 is 52.5 Å². The van der Waals surface area contributed by atoms with Gasteiger partial charge in [-0.3, -0.25) is 14.5 Å². The number of nitrogens with one attached hydrogen (secondary N) is 1. The van der Waals surface area contributed by atoms with Crippen LogP contribution in [-0.2, 0) is 37.3 Å². The Balaban J connectivity index is 1.85. The number of aliphatic carboxylic acids is 1. The first-order chi connectivity index (χ1) is 14.7. The van der Waals surface area contributed by atoms with Crippen LogP contribution >= 0.6 is 23.5 Å². The van der Waals surface area contributed by atoms with Gasteiger partial charge < -0.3 is 24.3 Å². The largest absolute Gasteiger partial charge is 0.615 e. The molecule has 1 fully saturated rings. The van der Waals surface area contributed by atoms with Crippen LogP contribution in [0.15, 0.2) is 22.8 Å². The number of amides is 2. The zero-order valence-electron chi connectivity index (χ0n) is 16.6. The Morgan fingerprint density at radius 3 is 2.87 bits per heavy atom. The smallest absolute Gasteiger partial charge is 0.352 e. The molecule has 1 aromatic heterocycles. The summed E-state index contributed by atoms with van der Waals surface area (Å²) in [5.41, 5.74) is -1.52. The number of nitrogens with zero attached hydrogens (tertiary/aromatic N) is 5. The summed E-state index contributed by atoms with van der Waals surface area (Å²) in [6.45, 7) is 0. The van der Waals surface area contributed by atoms with Crippen molar-refractivity contribution in [2.45, 2.75) is 21.5 Å². The van der Waals surface area contributed by atoms with E-state index in [-0.39, 0.29) is 17.2 Å². The van der Waals surface area contributed by atoms with Crippen LogP contribution in [0.5, 0.6) is 0 Å². The minimum absolute atomic E-state index is 0.179. The standard InChI is InChI=1S/C16H18N6O6S3/c1-21-7-18-20-15(21)30-6-8-5-29-14-16(28-2,13(26)22(14)10(8)12(24)25)19-11(23)9(4-17)31(3)27/h7,9,14H,5-6H2,1-3H3,(H,19,23)(H,24,25)/t9?,14-,16-,31?/m0/s1. The molecule has 166 valence electrons. The summed E-state index contributed by atoms with van der Waals surface area (Å²) in [5.74, 6) is -2.45. The van der Waals surface area contributed by atoms with Gasteiger partial charge in [0.15, 0.2) is 5.16 Å². The lowest BCUT2D eigenvalue weighted by Crippen LogP contribution is -2.81. The summed E-state index contributed by atoms with van der Waals surface area (Å²) in [4.78, 5) is 38.5. The minimum Gasteiger partial charge on any atom is -0.615 e. The van der Waals surface area contributed by atoms with Crippen LogP contribution in [0.4, 0.5) is 0 Å². The fourth-order valence-electron chi connectivity index (χ4n) is 3.14. The Hall–Kier alpha value is -2.25. The molecule has 12 nitrogen and oxygen atoms in total. The van der Waals surface area contributed by atoms with E-state index >= 15 is 0 Å². The molecular formula is C16H18N6O6S3. The summed E-state index contributed by atoms with van der Waals surface area (Å²) in [5, 5.41) is 27.2. The van der Waals surface area contributed by atoms with Crippen LogP contribution < -0.4 is 5.32 Å². The SMILES string of the molecule is CO[C@@]1(NC(=O)C(C#N)[S+](C)[O-])C(=O)N2C(C(=O)O)=C(CSc3nncn3C)CS[C@H]21. The number of rotatable bonds is 8. The molecule has 0 aromatic carbocycles. The lowest BCUT2D eigenvalue weighted by molar-refractivity contribution is -0.192. The van der Waals surface area contributed by atoms with Gasteiger partial charge in [-0.2, -0.15) is 5.26 Å². The quantitative estimate of drug-likeness (QED) is 0.197. The molecule has 2 amide bonds. The van der Waals surface area contributed by atoms with Crippen LogP contribution in [0.1, 0.15) is 0 Å². The number of hydrogen-bond donors (Lipinski definition) is 2. The van der Waals surface area contributed by atoms with Gasteiger partial charge in [0, 0.05) is 25.7 Å². The molecule has 2 aliphatic heterocycles. The van der Waals surface area contributed by atoms with Crippen molar-refractivity contribution in [3.63, 3.8) is 0 Å². The number of ether oxygens (including phenoxy) is 1. The van der Waals surface area contributed by atoms with E-state index in [9.17, 15) is 24.0 Å². The second kappa shape index (κ2) is 9.09. The maximum Gasteiger partial charge on any atom is 0.352 e. The molecule has 0 saturated carbocycles. The Morgan fingerprint density at radius 1 is 1.65 bits per heavy atom. The Labute approximate surface area is 188 Å².